The van der Waals surface area contributed by atoms with Crippen molar-refractivity contribution in [2.24, 2.45) is 0 Å². The maximum atomic E-state index is 13.6. The Morgan fingerprint density at radius 1 is 0.909 bits per heavy atom. The minimum atomic E-state index is -0.367. The molecule has 5 heteroatoms. The molecule has 3 aromatic rings. The Kier molecular flexibility index (Phi) is 6.59. The predicted molar refractivity (Wildman–Crippen MR) is 132 cm³/mol. The SMILES string of the molecule is CCCCc1ccc(N2C(=O)C(Nc3cccc(C)c3)=C(c3ccc(OC)cc3)C2=O)cc1. The molecule has 2 amide bonds. The van der Waals surface area contributed by atoms with Gasteiger partial charge in [0.15, 0.2) is 0 Å². The standard InChI is InChI=1S/C28H28N2O3/c1-4-5-8-20-10-14-23(15-11-20)30-27(31)25(21-12-16-24(33-3)17-13-21)26(28(30)32)29-22-9-6-7-19(2)18-22/h6-7,9-18,29H,4-5,8H2,1-3H3. The van der Waals surface area contributed by atoms with Crippen LogP contribution < -0.4 is 15.0 Å². The quantitative estimate of drug-likeness (QED) is 0.454. The second-order valence-corrected chi connectivity index (χ2v) is 8.19. The van der Waals surface area contributed by atoms with E-state index >= 15 is 0 Å². The lowest BCUT2D eigenvalue weighted by Gasteiger charge is -2.16. The number of unbranched alkanes of at least 4 members (excludes halogenated alkanes) is 1. The van der Waals surface area contributed by atoms with E-state index in [2.05, 4.69) is 12.2 Å². The number of carbonyl (C=O) groups excluding carboxylic acids is 2. The van der Waals surface area contributed by atoms with Crippen molar-refractivity contribution in [2.45, 2.75) is 33.1 Å². The molecule has 33 heavy (non-hydrogen) atoms. The van der Waals surface area contributed by atoms with Gasteiger partial charge in [0.05, 0.1) is 18.4 Å². The van der Waals surface area contributed by atoms with Gasteiger partial charge in [0, 0.05) is 5.69 Å². The number of hydrogen-bond donors (Lipinski definition) is 1. The van der Waals surface area contributed by atoms with Crippen LogP contribution in [0.4, 0.5) is 11.4 Å². The summed E-state index contributed by atoms with van der Waals surface area (Å²) >= 11 is 0. The summed E-state index contributed by atoms with van der Waals surface area (Å²) in [5.41, 5.74) is 4.85. The van der Waals surface area contributed by atoms with Crippen LogP contribution in [0.3, 0.4) is 0 Å². The number of ether oxygens (including phenoxy) is 1. The Labute approximate surface area is 194 Å². The van der Waals surface area contributed by atoms with Crippen LogP contribution in [0.2, 0.25) is 0 Å². The Bertz CT molecular complexity index is 1190. The fraction of sp³-hybridized carbons (Fsp3) is 0.214. The molecule has 0 fully saturated rings. The van der Waals surface area contributed by atoms with Crippen LogP contribution in [-0.2, 0) is 16.0 Å². The minimum absolute atomic E-state index is 0.269. The molecule has 5 nitrogen and oxygen atoms in total. The van der Waals surface area contributed by atoms with Crippen molar-refractivity contribution in [1.82, 2.24) is 0 Å². The largest absolute Gasteiger partial charge is 0.497 e. The highest BCUT2D eigenvalue weighted by atomic mass is 16.5. The summed E-state index contributed by atoms with van der Waals surface area (Å²) in [6.07, 6.45) is 3.21. The van der Waals surface area contributed by atoms with Crippen molar-refractivity contribution in [3.05, 3.63) is 95.2 Å². The van der Waals surface area contributed by atoms with Crippen LogP contribution in [0, 0.1) is 6.92 Å². The molecule has 0 saturated heterocycles. The third-order valence-electron chi connectivity index (χ3n) is 5.76. The number of amides is 2. The van der Waals surface area contributed by atoms with Gasteiger partial charge in [-0.1, -0.05) is 49.7 Å². The van der Waals surface area contributed by atoms with E-state index in [0.717, 1.165) is 30.5 Å². The molecule has 0 unspecified atom stereocenters. The van der Waals surface area contributed by atoms with Crippen molar-refractivity contribution in [3.63, 3.8) is 0 Å². The molecular formula is C28H28N2O3. The van der Waals surface area contributed by atoms with Crippen LogP contribution in [0.1, 0.15) is 36.5 Å². The number of imide groups is 1. The van der Waals surface area contributed by atoms with Gasteiger partial charge in [-0.3, -0.25) is 9.59 Å². The van der Waals surface area contributed by atoms with Gasteiger partial charge in [0.1, 0.15) is 11.4 Å². The number of nitrogens with zero attached hydrogens (tertiary/aromatic N) is 1. The summed E-state index contributed by atoms with van der Waals surface area (Å²) in [4.78, 5) is 28.4. The number of carbonyl (C=O) groups is 2. The molecule has 0 saturated carbocycles. The molecule has 0 bridgehead atoms. The summed E-state index contributed by atoms with van der Waals surface area (Å²) in [5, 5.41) is 3.21. The topological polar surface area (TPSA) is 58.6 Å². The zero-order valence-corrected chi connectivity index (χ0v) is 19.2. The van der Waals surface area contributed by atoms with Gasteiger partial charge in [-0.25, -0.2) is 4.90 Å². The van der Waals surface area contributed by atoms with Crippen LogP contribution in [0.5, 0.6) is 5.75 Å². The monoisotopic (exact) mass is 440 g/mol. The molecule has 4 rings (SSSR count). The molecule has 1 aliphatic heterocycles. The molecule has 0 aromatic heterocycles. The van der Waals surface area contributed by atoms with Gasteiger partial charge in [-0.05, 0) is 72.9 Å². The number of methoxy groups -OCH3 is 1. The van der Waals surface area contributed by atoms with Gasteiger partial charge in [0.25, 0.3) is 11.8 Å². The van der Waals surface area contributed by atoms with Crippen LogP contribution >= 0.6 is 0 Å². The number of anilines is 2. The molecule has 0 atom stereocenters. The summed E-state index contributed by atoms with van der Waals surface area (Å²) in [6, 6.07) is 22.6. The average Bonchev–Trinajstić information content (AvgIpc) is 3.07. The molecule has 0 aliphatic carbocycles. The summed E-state index contributed by atoms with van der Waals surface area (Å²) in [6.45, 7) is 4.14. The van der Waals surface area contributed by atoms with E-state index < -0.39 is 0 Å². The second-order valence-electron chi connectivity index (χ2n) is 8.19. The zero-order chi connectivity index (χ0) is 23.4. The summed E-state index contributed by atoms with van der Waals surface area (Å²) in [7, 11) is 1.59. The van der Waals surface area contributed by atoms with E-state index in [1.54, 1.807) is 31.4 Å². The first-order valence-corrected chi connectivity index (χ1v) is 11.2. The van der Waals surface area contributed by atoms with Crippen molar-refractivity contribution in [2.75, 3.05) is 17.3 Å². The van der Waals surface area contributed by atoms with Gasteiger partial charge >= 0.3 is 0 Å². The van der Waals surface area contributed by atoms with Gasteiger partial charge in [0.2, 0.25) is 0 Å². The molecule has 1 aliphatic rings. The highest BCUT2D eigenvalue weighted by Crippen LogP contribution is 2.34. The Morgan fingerprint density at radius 3 is 2.27 bits per heavy atom. The maximum Gasteiger partial charge on any atom is 0.282 e. The van der Waals surface area contributed by atoms with Gasteiger partial charge in [-0.15, -0.1) is 0 Å². The minimum Gasteiger partial charge on any atom is -0.497 e. The van der Waals surface area contributed by atoms with Gasteiger partial charge < -0.3 is 10.1 Å². The fourth-order valence-electron chi connectivity index (χ4n) is 3.97. The molecule has 0 radical (unpaired) electrons. The first-order chi connectivity index (χ1) is 16.0. The maximum absolute atomic E-state index is 13.6. The summed E-state index contributed by atoms with van der Waals surface area (Å²) < 4.78 is 5.25. The first kappa shape index (κ1) is 22.3. The average molecular weight is 441 g/mol. The third kappa shape index (κ3) is 4.67. The molecule has 1 N–H and O–H groups in total. The van der Waals surface area contributed by atoms with Crippen LogP contribution in [0.15, 0.2) is 78.5 Å². The number of hydrogen-bond acceptors (Lipinski definition) is 4. The lowest BCUT2D eigenvalue weighted by molar-refractivity contribution is -0.120. The highest BCUT2D eigenvalue weighted by Gasteiger charge is 2.40. The summed E-state index contributed by atoms with van der Waals surface area (Å²) in [5.74, 6) is -0.0286. The van der Waals surface area contributed by atoms with Crippen LogP contribution in [-0.4, -0.2) is 18.9 Å². The number of benzene rings is 3. The number of aryl methyl sites for hydroxylation is 2. The van der Waals surface area contributed by atoms with Crippen molar-refractivity contribution >= 4 is 28.8 Å². The van der Waals surface area contributed by atoms with E-state index in [0.29, 0.717) is 22.6 Å². The Balaban J connectivity index is 1.73. The van der Waals surface area contributed by atoms with E-state index in [1.807, 2.05) is 55.5 Å². The number of rotatable bonds is 8. The van der Waals surface area contributed by atoms with Crippen molar-refractivity contribution in [3.8, 4) is 5.75 Å². The second kappa shape index (κ2) is 9.74. The van der Waals surface area contributed by atoms with Crippen molar-refractivity contribution in [1.29, 1.82) is 0 Å². The zero-order valence-electron chi connectivity index (χ0n) is 19.2. The fourth-order valence-corrected chi connectivity index (χ4v) is 3.97. The Morgan fingerprint density at radius 2 is 1.64 bits per heavy atom. The van der Waals surface area contributed by atoms with Gasteiger partial charge in [-0.2, -0.15) is 0 Å². The lowest BCUT2D eigenvalue weighted by Crippen LogP contribution is -2.32. The van der Waals surface area contributed by atoms with E-state index in [4.69, 9.17) is 4.74 Å². The molecule has 168 valence electrons. The van der Waals surface area contributed by atoms with E-state index in [1.165, 1.54) is 10.5 Å². The molecule has 3 aromatic carbocycles. The normalized spacial score (nSPS) is 13.6. The molecule has 0 spiro atoms. The van der Waals surface area contributed by atoms with E-state index in [9.17, 15) is 9.59 Å². The smallest absolute Gasteiger partial charge is 0.282 e. The van der Waals surface area contributed by atoms with Crippen LogP contribution in [0.25, 0.3) is 5.57 Å². The number of nitrogens with one attached hydrogen (secondary N) is 1. The van der Waals surface area contributed by atoms with E-state index in [-0.39, 0.29) is 17.5 Å². The third-order valence-corrected chi connectivity index (χ3v) is 5.76. The highest BCUT2D eigenvalue weighted by molar-refractivity contribution is 6.46. The first-order valence-electron chi connectivity index (χ1n) is 11.2. The predicted octanol–water partition coefficient (Wildman–Crippen LogP) is 5.74. The lowest BCUT2D eigenvalue weighted by atomic mass is 10.0. The molecule has 1 heterocycles. The van der Waals surface area contributed by atoms with Crippen molar-refractivity contribution < 1.29 is 14.3 Å². The molecular weight excluding hydrogens is 412 g/mol. The Hall–Kier alpha value is -3.86.